The summed E-state index contributed by atoms with van der Waals surface area (Å²) in [5.74, 6) is 4.81. The molecule has 0 fully saturated rings. The zero-order valence-electron chi connectivity index (χ0n) is 8.26. The first-order valence-electron chi connectivity index (χ1n) is 4.22. The topological polar surface area (TPSA) is 42.2 Å². The molecule has 16 heavy (non-hydrogen) atoms. The number of thiazole rings is 1. The van der Waals surface area contributed by atoms with Crippen molar-refractivity contribution in [2.45, 2.75) is 26.3 Å². The summed E-state index contributed by atoms with van der Waals surface area (Å²) in [5, 5.41) is 8.77. The zero-order chi connectivity index (χ0) is 12.3. The van der Waals surface area contributed by atoms with E-state index in [1.165, 1.54) is 6.92 Å². The van der Waals surface area contributed by atoms with Crippen molar-refractivity contribution in [3.8, 4) is 11.8 Å². The van der Waals surface area contributed by atoms with Gasteiger partial charge < -0.3 is 5.11 Å². The molecule has 0 aliphatic rings. The molecule has 1 heterocycles. The molecule has 7 heteroatoms. The molecule has 0 saturated carbocycles. The van der Waals surface area contributed by atoms with Gasteiger partial charge in [-0.1, -0.05) is 17.3 Å². The Balaban J connectivity index is 3.38. The average molecular weight is 251 g/mol. The normalized spacial score (nSPS) is 11.1. The second-order valence-electron chi connectivity index (χ2n) is 2.81. The van der Waals surface area contributed by atoms with Crippen molar-refractivity contribution in [2.24, 2.45) is 0 Å². The molecule has 0 aromatic carbocycles. The summed E-state index contributed by atoms with van der Waals surface area (Å²) in [5.41, 5.74) is -1.10. The lowest BCUT2D eigenvalue weighted by atomic mass is 10.3. The quantitative estimate of drug-likeness (QED) is 0.808. The van der Waals surface area contributed by atoms with Gasteiger partial charge in [-0.15, -0.1) is 5.92 Å². The van der Waals surface area contributed by atoms with Crippen molar-refractivity contribution in [2.75, 3.05) is 0 Å². The van der Waals surface area contributed by atoms with Crippen molar-refractivity contribution < 1.29 is 18.3 Å². The summed E-state index contributed by atoms with van der Waals surface area (Å²) < 4.78 is 38.4. The van der Waals surface area contributed by atoms with Crippen LogP contribution in [0.25, 0.3) is 0 Å². The third-order valence-electron chi connectivity index (χ3n) is 1.79. The number of hydrogen-bond acceptors (Lipinski definition) is 3. The van der Waals surface area contributed by atoms with E-state index in [-0.39, 0.29) is 11.4 Å². The van der Waals surface area contributed by atoms with E-state index >= 15 is 0 Å². The largest absolute Gasteiger partial charge is 0.432 e. The molecule has 0 aliphatic carbocycles. The van der Waals surface area contributed by atoms with Crippen LogP contribution in [-0.4, -0.2) is 9.67 Å². The third-order valence-corrected chi connectivity index (χ3v) is 2.75. The van der Waals surface area contributed by atoms with Gasteiger partial charge in [-0.2, -0.15) is 13.2 Å². The van der Waals surface area contributed by atoms with E-state index in [1.807, 2.05) is 0 Å². The van der Waals surface area contributed by atoms with Crippen LogP contribution >= 0.6 is 11.3 Å². The number of halogens is 3. The maximum absolute atomic E-state index is 12.6. The van der Waals surface area contributed by atoms with E-state index < -0.39 is 23.4 Å². The third kappa shape index (κ3) is 2.46. The van der Waals surface area contributed by atoms with Crippen LogP contribution in [0, 0.1) is 11.8 Å². The number of hydrogen-bond donors (Lipinski definition) is 1. The summed E-state index contributed by atoms with van der Waals surface area (Å²) in [7, 11) is 0. The fraction of sp³-hybridized carbons (Fsp3) is 0.444. The first-order valence-corrected chi connectivity index (χ1v) is 5.03. The van der Waals surface area contributed by atoms with Crippen LogP contribution in [0.1, 0.15) is 17.5 Å². The Morgan fingerprint density at radius 1 is 1.50 bits per heavy atom. The van der Waals surface area contributed by atoms with Gasteiger partial charge in [0.25, 0.3) is 0 Å². The van der Waals surface area contributed by atoms with Crippen LogP contribution < -0.4 is 4.87 Å². The van der Waals surface area contributed by atoms with Crippen LogP contribution in [-0.2, 0) is 19.3 Å². The molecular weight excluding hydrogens is 243 g/mol. The van der Waals surface area contributed by atoms with Crippen LogP contribution in [0.4, 0.5) is 13.2 Å². The maximum atomic E-state index is 12.6. The lowest BCUT2D eigenvalue weighted by molar-refractivity contribution is -0.144. The predicted molar refractivity (Wildman–Crippen MR) is 53.0 cm³/mol. The number of rotatable bonds is 2. The van der Waals surface area contributed by atoms with Gasteiger partial charge in [0.2, 0.25) is 0 Å². The van der Waals surface area contributed by atoms with Gasteiger partial charge in [0.1, 0.15) is 5.69 Å². The molecule has 0 amide bonds. The minimum atomic E-state index is -4.66. The maximum Gasteiger partial charge on any atom is 0.432 e. The van der Waals surface area contributed by atoms with Gasteiger partial charge >= 0.3 is 11.0 Å². The number of alkyl halides is 3. The molecule has 3 nitrogen and oxygen atoms in total. The van der Waals surface area contributed by atoms with Gasteiger partial charge in [0, 0.05) is 0 Å². The van der Waals surface area contributed by atoms with E-state index in [4.69, 9.17) is 5.11 Å². The molecule has 1 aromatic rings. The fourth-order valence-electron chi connectivity index (χ4n) is 1.17. The van der Waals surface area contributed by atoms with E-state index in [0.717, 1.165) is 0 Å². The highest BCUT2D eigenvalue weighted by Crippen LogP contribution is 2.33. The number of aliphatic hydroxyl groups is 1. The standard InChI is InChI=1S/C9H8F3NO2S/c1-2-3-4-13-7(9(10,11)12)6(5-14)16-8(13)15/h14H,4-5H2,1H3. The van der Waals surface area contributed by atoms with Crippen molar-refractivity contribution in [1.82, 2.24) is 4.57 Å². The molecule has 1 aromatic heterocycles. The zero-order valence-corrected chi connectivity index (χ0v) is 9.08. The average Bonchev–Trinajstić information content (AvgIpc) is 2.51. The highest BCUT2D eigenvalue weighted by molar-refractivity contribution is 7.09. The molecule has 1 rings (SSSR count). The molecule has 0 spiro atoms. The molecule has 0 unspecified atom stereocenters. The van der Waals surface area contributed by atoms with Gasteiger partial charge in [-0.3, -0.25) is 9.36 Å². The molecule has 1 N–H and O–H groups in total. The molecule has 0 aliphatic heterocycles. The minimum Gasteiger partial charge on any atom is -0.391 e. The van der Waals surface area contributed by atoms with E-state index in [0.29, 0.717) is 15.9 Å². The predicted octanol–water partition coefficient (Wildman–Crippen LogP) is 1.44. The summed E-state index contributed by atoms with van der Waals surface area (Å²) in [4.78, 5) is 10.1. The SMILES string of the molecule is CC#CCn1c(C(F)(F)F)c(CO)sc1=O. The van der Waals surface area contributed by atoms with Gasteiger partial charge in [-0.05, 0) is 6.92 Å². The van der Waals surface area contributed by atoms with Gasteiger partial charge in [-0.25, -0.2) is 0 Å². The number of aliphatic hydroxyl groups excluding tert-OH is 1. The molecular formula is C9H8F3NO2S. The lowest BCUT2D eigenvalue weighted by Gasteiger charge is -2.09. The van der Waals surface area contributed by atoms with Crippen LogP contribution in [0.2, 0.25) is 0 Å². The summed E-state index contributed by atoms with van der Waals surface area (Å²) in [6.07, 6.45) is -4.66. The minimum absolute atomic E-state index is 0.319. The Labute approximate surface area is 93.1 Å². The molecule has 0 bridgehead atoms. The van der Waals surface area contributed by atoms with Crippen LogP contribution in [0.3, 0.4) is 0 Å². The van der Waals surface area contributed by atoms with E-state index in [1.54, 1.807) is 0 Å². The number of nitrogens with zero attached hydrogens (tertiary/aromatic N) is 1. The van der Waals surface area contributed by atoms with E-state index in [2.05, 4.69) is 11.8 Å². The lowest BCUT2D eigenvalue weighted by Crippen LogP contribution is -2.21. The van der Waals surface area contributed by atoms with Crippen molar-refractivity contribution in [1.29, 1.82) is 0 Å². The van der Waals surface area contributed by atoms with Crippen molar-refractivity contribution >= 4 is 11.3 Å². The molecule has 0 radical (unpaired) electrons. The fourth-order valence-corrected chi connectivity index (χ4v) is 2.03. The smallest absolute Gasteiger partial charge is 0.391 e. The molecule has 88 valence electrons. The Kier molecular flexibility index (Phi) is 3.78. The monoisotopic (exact) mass is 251 g/mol. The first-order chi connectivity index (χ1) is 7.41. The Bertz CT molecular complexity index is 490. The summed E-state index contributed by atoms with van der Waals surface area (Å²) >= 11 is 0.388. The second kappa shape index (κ2) is 4.72. The second-order valence-corrected chi connectivity index (χ2v) is 3.85. The number of aromatic nitrogens is 1. The Hall–Kier alpha value is -1.26. The Morgan fingerprint density at radius 3 is 2.56 bits per heavy atom. The molecule has 0 saturated heterocycles. The highest BCUT2D eigenvalue weighted by atomic mass is 32.1. The summed E-state index contributed by atoms with van der Waals surface area (Å²) in [6, 6.07) is 0. The van der Waals surface area contributed by atoms with Gasteiger partial charge in [0.15, 0.2) is 0 Å². The first kappa shape index (κ1) is 12.8. The summed E-state index contributed by atoms with van der Waals surface area (Å²) in [6.45, 7) is 0.347. The van der Waals surface area contributed by atoms with Crippen molar-refractivity contribution in [3.05, 3.63) is 20.2 Å². The van der Waals surface area contributed by atoms with Gasteiger partial charge in [0.05, 0.1) is 18.0 Å². The Morgan fingerprint density at radius 2 is 2.12 bits per heavy atom. The highest BCUT2D eigenvalue weighted by Gasteiger charge is 2.38. The van der Waals surface area contributed by atoms with E-state index in [9.17, 15) is 18.0 Å². The van der Waals surface area contributed by atoms with Crippen LogP contribution in [0.5, 0.6) is 0 Å². The van der Waals surface area contributed by atoms with Crippen LogP contribution in [0.15, 0.2) is 4.79 Å². The molecule has 0 atom stereocenters. The van der Waals surface area contributed by atoms with Crippen molar-refractivity contribution in [3.63, 3.8) is 0 Å².